The highest BCUT2D eigenvalue weighted by Gasteiger charge is 2.34. The zero-order valence-electron chi connectivity index (χ0n) is 23.7. The van der Waals surface area contributed by atoms with Gasteiger partial charge < -0.3 is 19.7 Å². The van der Waals surface area contributed by atoms with Gasteiger partial charge in [-0.3, -0.25) is 13.9 Å². The lowest BCUT2D eigenvalue weighted by Crippen LogP contribution is -2.52. The predicted octanol–water partition coefficient (Wildman–Crippen LogP) is 5.43. The molecule has 43 heavy (non-hydrogen) atoms. The van der Waals surface area contributed by atoms with Crippen molar-refractivity contribution in [1.82, 2.24) is 10.2 Å². The van der Waals surface area contributed by atoms with Gasteiger partial charge in [-0.05, 0) is 66.9 Å². The Kier molecular flexibility index (Phi) is 10.8. The Morgan fingerprint density at radius 2 is 1.67 bits per heavy atom. The van der Waals surface area contributed by atoms with E-state index in [2.05, 4.69) is 5.32 Å². The molecule has 0 radical (unpaired) electrons. The van der Waals surface area contributed by atoms with E-state index < -0.39 is 34.3 Å². The standard InChI is InChI=1S/C30H32Cl2FN3O6S/c1-3-13-34-30(38)26(4-2)35(18-20-5-6-21(31)16-25(20)32)29(37)19-36(23-9-7-22(33)8-10-23)43(39,40)24-11-12-27-28(17-24)42-15-14-41-27/h5-12,16-17,26H,3-4,13-15,18-19H2,1-2H3,(H,34,38)/t26-/m0/s1. The SMILES string of the molecule is CCCNC(=O)[C@H](CC)N(Cc1ccc(Cl)cc1Cl)C(=O)CN(c1ccc(F)cc1)S(=O)(=O)c1ccc2c(c1)OCCO2. The maximum atomic E-state index is 14.1. The molecule has 230 valence electrons. The van der Waals surface area contributed by atoms with Gasteiger partial charge in [-0.15, -0.1) is 0 Å². The van der Waals surface area contributed by atoms with Gasteiger partial charge in [0.1, 0.15) is 31.6 Å². The lowest BCUT2D eigenvalue weighted by Gasteiger charge is -2.33. The molecule has 4 rings (SSSR count). The Morgan fingerprint density at radius 1 is 0.977 bits per heavy atom. The summed E-state index contributed by atoms with van der Waals surface area (Å²) >= 11 is 12.5. The number of fused-ring (bicyclic) bond motifs is 1. The molecule has 1 aliphatic heterocycles. The summed E-state index contributed by atoms with van der Waals surface area (Å²) in [6, 6.07) is 12.7. The fourth-order valence-corrected chi connectivity index (χ4v) is 6.46. The molecular formula is C30H32Cl2FN3O6S. The summed E-state index contributed by atoms with van der Waals surface area (Å²) in [4.78, 5) is 28.5. The Bertz CT molecular complexity index is 1570. The fraction of sp³-hybridized carbons (Fsp3) is 0.333. The first-order valence-corrected chi connectivity index (χ1v) is 15.9. The maximum absolute atomic E-state index is 14.1. The summed E-state index contributed by atoms with van der Waals surface area (Å²) < 4.78 is 54.0. The van der Waals surface area contributed by atoms with E-state index in [4.69, 9.17) is 32.7 Å². The van der Waals surface area contributed by atoms with Crippen LogP contribution in [0.1, 0.15) is 32.3 Å². The number of nitrogens with zero attached hydrogens (tertiary/aromatic N) is 2. The summed E-state index contributed by atoms with van der Waals surface area (Å²) in [6.45, 7) is 3.85. The van der Waals surface area contributed by atoms with Crippen LogP contribution >= 0.6 is 23.2 Å². The van der Waals surface area contributed by atoms with Crippen molar-refractivity contribution in [3.05, 3.63) is 82.1 Å². The molecular weight excluding hydrogens is 620 g/mol. The zero-order chi connectivity index (χ0) is 31.1. The van der Waals surface area contributed by atoms with Crippen LogP contribution in [0.4, 0.5) is 10.1 Å². The number of nitrogens with one attached hydrogen (secondary N) is 1. The second-order valence-electron chi connectivity index (χ2n) is 9.77. The third kappa shape index (κ3) is 7.70. The number of benzene rings is 3. The van der Waals surface area contributed by atoms with E-state index >= 15 is 0 Å². The summed E-state index contributed by atoms with van der Waals surface area (Å²) in [5.74, 6) is -0.995. The number of halogens is 3. The second-order valence-corrected chi connectivity index (χ2v) is 12.5. The molecule has 1 N–H and O–H groups in total. The average molecular weight is 653 g/mol. The second kappa shape index (κ2) is 14.3. The van der Waals surface area contributed by atoms with E-state index in [1.165, 1.54) is 41.3 Å². The highest BCUT2D eigenvalue weighted by molar-refractivity contribution is 7.92. The first-order chi connectivity index (χ1) is 20.5. The summed E-state index contributed by atoms with van der Waals surface area (Å²) in [5.41, 5.74) is 0.571. The molecule has 0 spiro atoms. The number of sulfonamides is 1. The van der Waals surface area contributed by atoms with Gasteiger partial charge in [0.15, 0.2) is 11.5 Å². The minimum Gasteiger partial charge on any atom is -0.486 e. The molecule has 0 fully saturated rings. The summed E-state index contributed by atoms with van der Waals surface area (Å²) in [6.07, 6.45) is 0.934. The molecule has 13 heteroatoms. The number of carbonyl (C=O) groups excluding carboxylic acids is 2. The molecule has 3 aromatic rings. The van der Waals surface area contributed by atoms with E-state index in [9.17, 15) is 22.4 Å². The molecule has 2 amide bonds. The van der Waals surface area contributed by atoms with Gasteiger partial charge in [0, 0.05) is 29.2 Å². The Labute approximate surface area is 260 Å². The minimum absolute atomic E-state index is 0.0533. The van der Waals surface area contributed by atoms with E-state index in [-0.39, 0.29) is 46.8 Å². The van der Waals surface area contributed by atoms with Crippen molar-refractivity contribution >= 4 is 50.7 Å². The lowest BCUT2D eigenvalue weighted by atomic mass is 10.1. The maximum Gasteiger partial charge on any atom is 0.264 e. The summed E-state index contributed by atoms with van der Waals surface area (Å²) in [7, 11) is -4.40. The zero-order valence-corrected chi connectivity index (χ0v) is 26.0. The van der Waals surface area contributed by atoms with Crippen molar-refractivity contribution in [2.75, 3.05) is 30.6 Å². The van der Waals surface area contributed by atoms with Crippen molar-refractivity contribution in [3.8, 4) is 11.5 Å². The van der Waals surface area contributed by atoms with Crippen LogP contribution < -0.4 is 19.1 Å². The fourth-order valence-electron chi connectivity index (χ4n) is 4.57. The average Bonchev–Trinajstić information content (AvgIpc) is 2.99. The monoisotopic (exact) mass is 651 g/mol. The Morgan fingerprint density at radius 3 is 2.33 bits per heavy atom. The van der Waals surface area contributed by atoms with E-state index in [0.717, 1.165) is 16.4 Å². The number of carbonyl (C=O) groups is 2. The third-order valence-corrected chi connectivity index (χ3v) is 9.14. The lowest BCUT2D eigenvalue weighted by molar-refractivity contribution is -0.140. The molecule has 0 unspecified atom stereocenters. The van der Waals surface area contributed by atoms with Crippen LogP contribution in [0.25, 0.3) is 0 Å². The molecule has 0 bridgehead atoms. The molecule has 3 aromatic carbocycles. The van der Waals surface area contributed by atoms with E-state index in [1.54, 1.807) is 19.1 Å². The van der Waals surface area contributed by atoms with Crippen LogP contribution in [0.3, 0.4) is 0 Å². The first kappa shape index (κ1) is 32.4. The normalized spacial score (nSPS) is 13.2. The van der Waals surface area contributed by atoms with Crippen LogP contribution in [-0.4, -0.2) is 57.5 Å². The Balaban J connectivity index is 1.75. The van der Waals surface area contributed by atoms with Crippen LogP contribution in [0, 0.1) is 5.82 Å². The molecule has 1 atom stereocenters. The molecule has 9 nitrogen and oxygen atoms in total. The predicted molar refractivity (Wildman–Crippen MR) is 163 cm³/mol. The Hall–Kier alpha value is -3.54. The largest absolute Gasteiger partial charge is 0.486 e. The van der Waals surface area contributed by atoms with Crippen molar-refractivity contribution in [1.29, 1.82) is 0 Å². The molecule has 0 aromatic heterocycles. The molecule has 1 aliphatic rings. The minimum atomic E-state index is -4.40. The van der Waals surface area contributed by atoms with Gasteiger partial charge in [0.05, 0.1) is 10.6 Å². The number of hydrogen-bond acceptors (Lipinski definition) is 6. The summed E-state index contributed by atoms with van der Waals surface area (Å²) in [5, 5.41) is 3.50. The number of hydrogen-bond donors (Lipinski definition) is 1. The topological polar surface area (TPSA) is 105 Å². The molecule has 0 saturated heterocycles. The van der Waals surface area contributed by atoms with Gasteiger partial charge in [-0.25, -0.2) is 12.8 Å². The van der Waals surface area contributed by atoms with Crippen LogP contribution in [0.15, 0.2) is 65.6 Å². The van der Waals surface area contributed by atoms with E-state index in [0.29, 0.717) is 35.9 Å². The van der Waals surface area contributed by atoms with Crippen LogP contribution in [-0.2, 0) is 26.2 Å². The van der Waals surface area contributed by atoms with Gasteiger partial charge in [0.25, 0.3) is 10.0 Å². The van der Waals surface area contributed by atoms with E-state index in [1.807, 2.05) is 6.92 Å². The number of ether oxygens (including phenoxy) is 2. The third-order valence-electron chi connectivity index (χ3n) is 6.79. The van der Waals surface area contributed by atoms with Crippen molar-refractivity contribution < 1.29 is 31.9 Å². The molecule has 0 aliphatic carbocycles. The highest BCUT2D eigenvalue weighted by Crippen LogP contribution is 2.34. The van der Waals surface area contributed by atoms with Crippen LogP contribution in [0.5, 0.6) is 11.5 Å². The smallest absolute Gasteiger partial charge is 0.264 e. The number of amides is 2. The van der Waals surface area contributed by atoms with Gasteiger partial charge in [0.2, 0.25) is 11.8 Å². The van der Waals surface area contributed by atoms with Gasteiger partial charge in [-0.1, -0.05) is 43.1 Å². The van der Waals surface area contributed by atoms with Gasteiger partial charge >= 0.3 is 0 Å². The van der Waals surface area contributed by atoms with Crippen molar-refractivity contribution in [2.45, 2.75) is 44.2 Å². The quantitative estimate of drug-likeness (QED) is 0.280. The van der Waals surface area contributed by atoms with Crippen molar-refractivity contribution in [3.63, 3.8) is 0 Å². The highest BCUT2D eigenvalue weighted by atomic mass is 35.5. The first-order valence-electron chi connectivity index (χ1n) is 13.7. The van der Waals surface area contributed by atoms with Crippen molar-refractivity contribution in [2.24, 2.45) is 0 Å². The molecule has 0 saturated carbocycles. The number of rotatable bonds is 12. The molecule has 1 heterocycles. The van der Waals surface area contributed by atoms with Crippen LogP contribution in [0.2, 0.25) is 10.0 Å². The number of anilines is 1. The van der Waals surface area contributed by atoms with Gasteiger partial charge in [-0.2, -0.15) is 0 Å².